The van der Waals surface area contributed by atoms with Gasteiger partial charge in [-0.2, -0.15) is 0 Å². The zero-order chi connectivity index (χ0) is 15.2. The molecule has 0 aliphatic carbocycles. The number of anilines is 1. The van der Waals surface area contributed by atoms with Gasteiger partial charge in [0.25, 0.3) is 0 Å². The van der Waals surface area contributed by atoms with Crippen molar-refractivity contribution in [3.63, 3.8) is 0 Å². The van der Waals surface area contributed by atoms with Crippen LogP contribution < -0.4 is 4.90 Å². The van der Waals surface area contributed by atoms with E-state index in [0.29, 0.717) is 12.1 Å². The SMILES string of the molecule is O=C(O)c1cccc(CN2c3ccccc3CC23COC3)c1. The minimum Gasteiger partial charge on any atom is -0.478 e. The third-order valence-electron chi connectivity index (χ3n) is 4.63. The van der Waals surface area contributed by atoms with Crippen LogP contribution in [0.5, 0.6) is 0 Å². The Hall–Kier alpha value is -2.33. The normalized spacial score (nSPS) is 18.1. The van der Waals surface area contributed by atoms with Crippen molar-refractivity contribution < 1.29 is 14.6 Å². The van der Waals surface area contributed by atoms with Crippen LogP contribution in [-0.2, 0) is 17.7 Å². The Kier molecular flexibility index (Phi) is 2.94. The Balaban J connectivity index is 1.69. The van der Waals surface area contributed by atoms with E-state index >= 15 is 0 Å². The molecule has 1 fully saturated rings. The van der Waals surface area contributed by atoms with E-state index in [4.69, 9.17) is 9.84 Å². The van der Waals surface area contributed by atoms with Gasteiger partial charge in [-0.3, -0.25) is 0 Å². The van der Waals surface area contributed by atoms with E-state index in [0.717, 1.165) is 25.2 Å². The number of ether oxygens (including phenoxy) is 1. The van der Waals surface area contributed by atoms with Gasteiger partial charge in [-0.1, -0.05) is 30.3 Å². The molecule has 0 aromatic heterocycles. The molecule has 1 spiro atoms. The Bertz CT molecular complexity index is 737. The van der Waals surface area contributed by atoms with Crippen LogP contribution in [0.3, 0.4) is 0 Å². The van der Waals surface area contributed by atoms with Gasteiger partial charge in [-0.05, 0) is 29.3 Å². The molecule has 22 heavy (non-hydrogen) atoms. The molecule has 0 radical (unpaired) electrons. The number of carboxylic acids is 1. The van der Waals surface area contributed by atoms with Gasteiger partial charge in [0.2, 0.25) is 0 Å². The first-order valence-corrected chi connectivity index (χ1v) is 7.44. The van der Waals surface area contributed by atoms with Crippen LogP contribution in [-0.4, -0.2) is 29.8 Å². The van der Waals surface area contributed by atoms with E-state index in [9.17, 15) is 4.79 Å². The van der Waals surface area contributed by atoms with Crippen molar-refractivity contribution in [2.75, 3.05) is 18.1 Å². The number of carbonyl (C=O) groups is 1. The number of fused-ring (bicyclic) bond motifs is 1. The van der Waals surface area contributed by atoms with Crippen LogP contribution in [0.1, 0.15) is 21.5 Å². The summed E-state index contributed by atoms with van der Waals surface area (Å²) < 4.78 is 5.49. The topological polar surface area (TPSA) is 49.8 Å². The molecule has 2 aromatic rings. The second-order valence-corrected chi connectivity index (χ2v) is 6.11. The van der Waals surface area contributed by atoms with Gasteiger partial charge in [0, 0.05) is 18.7 Å². The average Bonchev–Trinajstić information content (AvgIpc) is 2.83. The first-order chi connectivity index (χ1) is 10.7. The standard InChI is InChI=1S/C18H17NO3/c20-17(21)14-6-3-4-13(8-14)10-19-16-7-2-1-5-15(16)9-18(19)11-22-12-18/h1-8H,9-12H2,(H,20,21). The van der Waals surface area contributed by atoms with Gasteiger partial charge in [0.05, 0.1) is 24.3 Å². The highest BCUT2D eigenvalue weighted by molar-refractivity contribution is 5.87. The molecule has 2 heterocycles. The maximum Gasteiger partial charge on any atom is 0.335 e. The second kappa shape index (κ2) is 4.85. The summed E-state index contributed by atoms with van der Waals surface area (Å²) >= 11 is 0. The summed E-state index contributed by atoms with van der Waals surface area (Å²) in [6, 6.07) is 15.6. The minimum atomic E-state index is -0.884. The maximum absolute atomic E-state index is 11.1. The van der Waals surface area contributed by atoms with Crippen LogP contribution in [0.2, 0.25) is 0 Å². The number of benzene rings is 2. The zero-order valence-electron chi connectivity index (χ0n) is 12.2. The molecule has 4 heteroatoms. The minimum absolute atomic E-state index is 0.0446. The summed E-state index contributed by atoms with van der Waals surface area (Å²) in [4.78, 5) is 13.5. The maximum atomic E-state index is 11.1. The number of para-hydroxylation sites is 1. The number of nitrogens with zero attached hydrogens (tertiary/aromatic N) is 1. The third-order valence-corrected chi connectivity index (χ3v) is 4.63. The Labute approximate surface area is 128 Å². The van der Waals surface area contributed by atoms with E-state index in [1.165, 1.54) is 11.3 Å². The average molecular weight is 295 g/mol. The van der Waals surface area contributed by atoms with Crippen LogP contribution in [0, 0.1) is 0 Å². The molecule has 0 atom stereocenters. The highest BCUT2D eigenvalue weighted by Gasteiger charge is 2.49. The lowest BCUT2D eigenvalue weighted by Gasteiger charge is -2.46. The molecule has 2 aliphatic heterocycles. The van der Waals surface area contributed by atoms with Crippen molar-refractivity contribution in [3.8, 4) is 0 Å². The van der Waals surface area contributed by atoms with Crippen LogP contribution >= 0.6 is 0 Å². The number of rotatable bonds is 3. The van der Waals surface area contributed by atoms with Crippen LogP contribution in [0.15, 0.2) is 48.5 Å². The lowest BCUT2D eigenvalue weighted by molar-refractivity contribution is -0.0537. The molecule has 4 nitrogen and oxygen atoms in total. The molecular formula is C18H17NO3. The molecule has 0 saturated carbocycles. The second-order valence-electron chi connectivity index (χ2n) is 6.11. The number of carboxylic acid groups (broad SMARTS) is 1. The number of aromatic carboxylic acids is 1. The molecule has 1 saturated heterocycles. The number of hydrogen-bond donors (Lipinski definition) is 1. The van der Waals surface area contributed by atoms with E-state index < -0.39 is 5.97 Å². The Morgan fingerprint density at radius 3 is 2.73 bits per heavy atom. The highest BCUT2D eigenvalue weighted by Crippen LogP contribution is 2.43. The van der Waals surface area contributed by atoms with Gasteiger partial charge in [-0.15, -0.1) is 0 Å². The van der Waals surface area contributed by atoms with E-state index in [2.05, 4.69) is 29.2 Å². The van der Waals surface area contributed by atoms with Crippen molar-refractivity contribution in [2.24, 2.45) is 0 Å². The fourth-order valence-electron chi connectivity index (χ4n) is 3.46. The molecule has 1 N–H and O–H groups in total. The predicted molar refractivity (Wildman–Crippen MR) is 83.3 cm³/mol. The van der Waals surface area contributed by atoms with Gasteiger partial charge in [0.15, 0.2) is 0 Å². The number of hydrogen-bond acceptors (Lipinski definition) is 3. The first-order valence-electron chi connectivity index (χ1n) is 7.44. The zero-order valence-corrected chi connectivity index (χ0v) is 12.2. The van der Waals surface area contributed by atoms with Crippen molar-refractivity contribution in [1.82, 2.24) is 0 Å². The molecular weight excluding hydrogens is 278 g/mol. The van der Waals surface area contributed by atoms with E-state index in [1.807, 2.05) is 12.1 Å². The summed E-state index contributed by atoms with van der Waals surface area (Å²) in [5.41, 5.74) is 3.99. The predicted octanol–water partition coefficient (Wildman–Crippen LogP) is 2.72. The largest absolute Gasteiger partial charge is 0.478 e. The molecule has 0 amide bonds. The molecule has 0 bridgehead atoms. The van der Waals surface area contributed by atoms with Gasteiger partial charge in [0.1, 0.15) is 0 Å². The van der Waals surface area contributed by atoms with Gasteiger partial charge in [-0.25, -0.2) is 4.79 Å². The summed E-state index contributed by atoms with van der Waals surface area (Å²) in [6.07, 6.45) is 1.00. The van der Waals surface area contributed by atoms with Gasteiger partial charge < -0.3 is 14.7 Å². The Morgan fingerprint density at radius 2 is 2.00 bits per heavy atom. The summed E-state index contributed by atoms with van der Waals surface area (Å²) in [5, 5.41) is 9.15. The van der Waals surface area contributed by atoms with Crippen molar-refractivity contribution in [3.05, 3.63) is 65.2 Å². The fourth-order valence-corrected chi connectivity index (χ4v) is 3.46. The molecule has 2 aromatic carbocycles. The molecule has 0 unspecified atom stereocenters. The monoisotopic (exact) mass is 295 g/mol. The third kappa shape index (κ3) is 1.99. The summed E-state index contributed by atoms with van der Waals surface area (Å²) in [6.45, 7) is 2.18. The highest BCUT2D eigenvalue weighted by atomic mass is 16.5. The first kappa shape index (κ1) is 13.3. The van der Waals surface area contributed by atoms with Crippen molar-refractivity contribution >= 4 is 11.7 Å². The van der Waals surface area contributed by atoms with Gasteiger partial charge >= 0.3 is 5.97 Å². The lowest BCUT2D eigenvalue weighted by Crippen LogP contribution is -2.60. The fraction of sp³-hybridized carbons (Fsp3) is 0.278. The smallest absolute Gasteiger partial charge is 0.335 e. The lowest BCUT2D eigenvalue weighted by atomic mass is 9.92. The summed E-state index contributed by atoms with van der Waals surface area (Å²) in [5.74, 6) is -0.884. The molecule has 112 valence electrons. The quantitative estimate of drug-likeness (QED) is 0.946. The van der Waals surface area contributed by atoms with E-state index in [-0.39, 0.29) is 5.54 Å². The van der Waals surface area contributed by atoms with Crippen molar-refractivity contribution in [2.45, 2.75) is 18.5 Å². The Morgan fingerprint density at radius 1 is 1.18 bits per heavy atom. The van der Waals surface area contributed by atoms with Crippen molar-refractivity contribution in [1.29, 1.82) is 0 Å². The van der Waals surface area contributed by atoms with Crippen LogP contribution in [0.25, 0.3) is 0 Å². The summed E-state index contributed by atoms with van der Waals surface area (Å²) in [7, 11) is 0. The van der Waals surface area contributed by atoms with E-state index in [1.54, 1.807) is 12.1 Å². The molecule has 2 aliphatic rings. The van der Waals surface area contributed by atoms with Crippen LogP contribution in [0.4, 0.5) is 5.69 Å². The molecule has 4 rings (SSSR count).